The molecule has 4 heteroatoms. The van der Waals surface area contributed by atoms with Crippen molar-refractivity contribution in [2.45, 2.75) is 25.3 Å². The number of amides is 1. The number of hydrogen-bond donors (Lipinski definition) is 0. The van der Waals surface area contributed by atoms with E-state index >= 15 is 0 Å². The van der Waals surface area contributed by atoms with Crippen LogP contribution in [0.5, 0.6) is 0 Å². The summed E-state index contributed by atoms with van der Waals surface area (Å²) in [5.41, 5.74) is 0.588. The molecule has 18 heavy (non-hydrogen) atoms. The Morgan fingerprint density at radius 2 is 2.00 bits per heavy atom. The molecule has 0 saturated carbocycles. The number of rotatable bonds is 2. The van der Waals surface area contributed by atoms with Crippen molar-refractivity contribution < 1.29 is 18.9 Å². The summed E-state index contributed by atoms with van der Waals surface area (Å²) in [7, 11) is 1.35. The molecule has 94 valence electrons. The van der Waals surface area contributed by atoms with Crippen LogP contribution in [-0.2, 0) is 9.53 Å². The Hall–Kier alpha value is -1.97. The Bertz CT molecular complexity index is 479. The Labute approximate surface area is 106 Å². The van der Waals surface area contributed by atoms with Crippen LogP contribution in [0.2, 0.25) is 0 Å². The van der Waals surface area contributed by atoms with Gasteiger partial charge >= 0.3 is 11.9 Å². The fraction of sp³-hybridized carbons (Fsp3) is 0.357. The number of carbonyl (C=O) groups excluding carboxylic acids is 2. The third kappa shape index (κ3) is 2.47. The molecule has 1 aliphatic rings. The molecule has 1 aliphatic heterocycles. The van der Waals surface area contributed by atoms with Gasteiger partial charge in [-0.1, -0.05) is 18.2 Å². The highest BCUT2D eigenvalue weighted by Gasteiger charge is 2.37. The second kappa shape index (κ2) is 5.58. The molecule has 4 nitrogen and oxygen atoms in total. The fourth-order valence-electron chi connectivity index (χ4n) is 2.13. The maximum atomic E-state index is 12.3. The Morgan fingerprint density at radius 3 is 2.67 bits per heavy atom. The molecule has 0 spiro atoms. The summed E-state index contributed by atoms with van der Waals surface area (Å²) in [5.74, 6) is -0.499. The molecule has 1 heterocycles. The predicted molar refractivity (Wildman–Crippen MR) is 66.8 cm³/mol. The van der Waals surface area contributed by atoms with Crippen molar-refractivity contribution in [2.75, 3.05) is 7.11 Å². The summed E-state index contributed by atoms with van der Waals surface area (Å²) in [6, 6.07) is 8.48. The number of hydrogen-bond acceptors (Lipinski definition) is 3. The standard InChI is InChI=1S/C14H16NO3/c1-18-14(17)12-9-5-6-10-15(12)13(16)11-7-3-2-4-8-11/h2-4,7-8,10,12H,5-6,9H2,1H3/q+1/t12-/m0/s1. The SMILES string of the molecule is COC(=O)[C@@H]1CCCC=[N+]1C(=O)c1ccccc1. The lowest BCUT2D eigenvalue weighted by atomic mass is 10.0. The zero-order valence-corrected chi connectivity index (χ0v) is 10.3. The summed E-state index contributed by atoms with van der Waals surface area (Å²) < 4.78 is 6.26. The van der Waals surface area contributed by atoms with Crippen molar-refractivity contribution >= 4 is 18.1 Å². The summed E-state index contributed by atoms with van der Waals surface area (Å²) in [6.45, 7) is 0. The summed E-state index contributed by atoms with van der Waals surface area (Å²) in [4.78, 5) is 24.0. The van der Waals surface area contributed by atoms with E-state index in [4.69, 9.17) is 4.74 Å². The predicted octanol–water partition coefficient (Wildman–Crippen LogP) is 1.64. The molecule has 0 aliphatic carbocycles. The first kappa shape index (κ1) is 12.5. The molecule has 2 rings (SSSR count). The van der Waals surface area contributed by atoms with E-state index in [1.807, 2.05) is 18.2 Å². The lowest BCUT2D eigenvalue weighted by Crippen LogP contribution is -2.41. The maximum absolute atomic E-state index is 12.3. The summed E-state index contributed by atoms with van der Waals surface area (Å²) in [6.07, 6.45) is 4.16. The molecule has 0 aromatic heterocycles. The van der Waals surface area contributed by atoms with Crippen LogP contribution in [0.25, 0.3) is 0 Å². The van der Waals surface area contributed by atoms with E-state index in [1.165, 1.54) is 11.7 Å². The highest BCUT2D eigenvalue weighted by Crippen LogP contribution is 2.14. The lowest BCUT2D eigenvalue weighted by molar-refractivity contribution is -0.462. The number of benzene rings is 1. The number of nitrogens with zero attached hydrogens (tertiary/aromatic N) is 1. The Kier molecular flexibility index (Phi) is 3.87. The van der Waals surface area contributed by atoms with Gasteiger partial charge in [-0.2, -0.15) is 4.58 Å². The van der Waals surface area contributed by atoms with E-state index in [2.05, 4.69) is 0 Å². The van der Waals surface area contributed by atoms with Crippen LogP contribution < -0.4 is 0 Å². The van der Waals surface area contributed by atoms with Gasteiger partial charge in [-0.15, -0.1) is 0 Å². The van der Waals surface area contributed by atoms with Crippen molar-refractivity contribution in [1.29, 1.82) is 0 Å². The van der Waals surface area contributed by atoms with Gasteiger partial charge in [0.2, 0.25) is 0 Å². The van der Waals surface area contributed by atoms with Crippen LogP contribution in [0.3, 0.4) is 0 Å². The van der Waals surface area contributed by atoms with Crippen molar-refractivity contribution in [2.24, 2.45) is 0 Å². The van der Waals surface area contributed by atoms with E-state index < -0.39 is 6.04 Å². The average molecular weight is 246 g/mol. The van der Waals surface area contributed by atoms with Gasteiger partial charge in [0, 0.05) is 12.8 Å². The molecule has 0 bridgehead atoms. The van der Waals surface area contributed by atoms with E-state index in [0.29, 0.717) is 12.0 Å². The van der Waals surface area contributed by atoms with Crippen LogP contribution in [0, 0.1) is 0 Å². The number of ether oxygens (including phenoxy) is 1. The Balaban J connectivity index is 2.27. The first-order valence-corrected chi connectivity index (χ1v) is 6.03. The summed E-state index contributed by atoms with van der Waals surface area (Å²) >= 11 is 0. The smallest absolute Gasteiger partial charge is 0.419 e. The molecule has 1 amide bonds. The van der Waals surface area contributed by atoms with Gasteiger partial charge in [0.1, 0.15) is 6.21 Å². The lowest BCUT2D eigenvalue weighted by Gasteiger charge is -2.15. The topological polar surface area (TPSA) is 46.4 Å². The van der Waals surface area contributed by atoms with E-state index in [1.54, 1.807) is 18.3 Å². The molecule has 0 N–H and O–H groups in total. The average Bonchev–Trinajstić information content (AvgIpc) is 2.46. The zero-order chi connectivity index (χ0) is 13.0. The molecular formula is C14H16NO3+. The van der Waals surface area contributed by atoms with Gasteiger partial charge in [0.05, 0.1) is 12.7 Å². The van der Waals surface area contributed by atoms with Crippen molar-refractivity contribution in [1.82, 2.24) is 0 Å². The van der Waals surface area contributed by atoms with E-state index in [9.17, 15) is 9.59 Å². The third-order valence-electron chi connectivity index (χ3n) is 3.07. The number of methoxy groups -OCH3 is 1. The molecule has 0 radical (unpaired) electrons. The van der Waals surface area contributed by atoms with Crippen molar-refractivity contribution in [3.05, 3.63) is 35.9 Å². The molecular weight excluding hydrogens is 230 g/mol. The van der Waals surface area contributed by atoms with Gasteiger partial charge in [-0.05, 0) is 18.6 Å². The van der Waals surface area contributed by atoms with Crippen LogP contribution in [0.15, 0.2) is 30.3 Å². The van der Waals surface area contributed by atoms with Crippen molar-refractivity contribution in [3.63, 3.8) is 0 Å². The van der Waals surface area contributed by atoms with Gasteiger partial charge in [-0.25, -0.2) is 9.59 Å². The highest BCUT2D eigenvalue weighted by atomic mass is 16.5. The quantitative estimate of drug-likeness (QED) is 0.588. The van der Waals surface area contributed by atoms with Crippen LogP contribution in [0.4, 0.5) is 0 Å². The van der Waals surface area contributed by atoms with Crippen LogP contribution >= 0.6 is 0 Å². The fourth-order valence-corrected chi connectivity index (χ4v) is 2.13. The molecule has 0 unspecified atom stereocenters. The Morgan fingerprint density at radius 1 is 1.28 bits per heavy atom. The van der Waals surface area contributed by atoms with Gasteiger partial charge in [0.25, 0.3) is 6.04 Å². The number of carbonyl (C=O) groups is 2. The normalized spacial score (nSPS) is 18.9. The summed E-state index contributed by atoms with van der Waals surface area (Å²) in [5, 5.41) is 0. The largest absolute Gasteiger partial charge is 0.464 e. The second-order valence-electron chi connectivity index (χ2n) is 4.23. The van der Waals surface area contributed by atoms with Crippen molar-refractivity contribution in [3.8, 4) is 0 Å². The zero-order valence-electron chi connectivity index (χ0n) is 10.3. The van der Waals surface area contributed by atoms with Gasteiger partial charge in [0.15, 0.2) is 0 Å². The molecule has 1 aromatic carbocycles. The van der Waals surface area contributed by atoms with Crippen LogP contribution in [0.1, 0.15) is 29.6 Å². The highest BCUT2D eigenvalue weighted by molar-refractivity contribution is 5.91. The van der Waals surface area contributed by atoms with Gasteiger partial charge < -0.3 is 4.74 Å². The minimum absolute atomic E-state index is 0.147. The molecule has 1 aromatic rings. The van der Waals surface area contributed by atoms with E-state index in [0.717, 1.165) is 12.8 Å². The minimum Gasteiger partial charge on any atom is -0.464 e. The first-order valence-electron chi connectivity index (χ1n) is 6.03. The third-order valence-corrected chi connectivity index (χ3v) is 3.07. The van der Waals surface area contributed by atoms with Crippen LogP contribution in [-0.4, -0.2) is 35.8 Å². The maximum Gasteiger partial charge on any atom is 0.419 e. The van der Waals surface area contributed by atoms with Gasteiger partial charge in [-0.3, -0.25) is 0 Å². The number of esters is 1. The van der Waals surface area contributed by atoms with E-state index in [-0.39, 0.29) is 11.9 Å². The molecule has 0 fully saturated rings. The monoisotopic (exact) mass is 246 g/mol. The minimum atomic E-state index is -0.489. The first-order chi connectivity index (χ1) is 8.74. The molecule has 0 saturated heterocycles. The second-order valence-corrected chi connectivity index (χ2v) is 4.23. The molecule has 1 atom stereocenters.